The van der Waals surface area contributed by atoms with Crippen molar-refractivity contribution >= 4 is 11.8 Å². The van der Waals surface area contributed by atoms with Gasteiger partial charge in [-0.1, -0.05) is 12.1 Å². The van der Waals surface area contributed by atoms with E-state index < -0.39 is 0 Å². The molecule has 0 saturated carbocycles. The highest BCUT2D eigenvalue weighted by Gasteiger charge is 2.01. The minimum Gasteiger partial charge on any atom is -0.254 e. The summed E-state index contributed by atoms with van der Waals surface area (Å²) >= 11 is 0. The van der Waals surface area contributed by atoms with E-state index in [1.807, 2.05) is 12.1 Å². The van der Waals surface area contributed by atoms with Crippen molar-refractivity contribution in [3.63, 3.8) is 0 Å². The van der Waals surface area contributed by atoms with Crippen molar-refractivity contribution in [3.05, 3.63) is 47.7 Å². The van der Waals surface area contributed by atoms with Crippen LogP contribution in [0.5, 0.6) is 0 Å². The van der Waals surface area contributed by atoms with Gasteiger partial charge in [0.25, 0.3) is 0 Å². The summed E-state index contributed by atoms with van der Waals surface area (Å²) in [6, 6.07) is 9.81. The van der Waals surface area contributed by atoms with Gasteiger partial charge in [0.15, 0.2) is 0 Å². The average Bonchev–Trinajstić information content (AvgIpc) is 2.34. The Kier molecular flexibility index (Phi) is 3.12. The van der Waals surface area contributed by atoms with E-state index in [0.29, 0.717) is 5.69 Å². The van der Waals surface area contributed by atoms with Gasteiger partial charge in [0.2, 0.25) is 6.08 Å². The smallest absolute Gasteiger partial charge is 0.240 e. The summed E-state index contributed by atoms with van der Waals surface area (Å²) in [5.74, 6) is 0. The zero-order valence-electron chi connectivity index (χ0n) is 9.77. The van der Waals surface area contributed by atoms with Gasteiger partial charge in [-0.05, 0) is 43.2 Å². The molecule has 0 atom stereocenters. The van der Waals surface area contributed by atoms with Crippen molar-refractivity contribution in [1.29, 1.82) is 0 Å². The Morgan fingerprint density at radius 1 is 1.12 bits per heavy atom. The lowest BCUT2D eigenvalue weighted by atomic mass is 10.0. The van der Waals surface area contributed by atoms with Crippen LogP contribution in [0.2, 0.25) is 0 Å². The maximum absolute atomic E-state index is 10.1. The molecular weight excluding hydrogens is 212 g/mol. The van der Waals surface area contributed by atoms with E-state index in [-0.39, 0.29) is 0 Å². The Hall–Kier alpha value is -2.25. The lowest BCUT2D eigenvalue weighted by molar-refractivity contribution is 0.565. The van der Waals surface area contributed by atoms with Crippen molar-refractivity contribution in [2.24, 2.45) is 4.99 Å². The molecule has 3 nitrogen and oxygen atoms in total. The largest absolute Gasteiger partial charge is 0.254 e. The second-order valence-electron chi connectivity index (χ2n) is 3.90. The third-order valence-corrected chi connectivity index (χ3v) is 2.73. The summed E-state index contributed by atoms with van der Waals surface area (Å²) in [6.45, 7) is 4.15. The zero-order chi connectivity index (χ0) is 12.3. The first kappa shape index (κ1) is 11.2. The van der Waals surface area contributed by atoms with Gasteiger partial charge in [0.1, 0.15) is 0 Å². The number of isocyanates is 1. The lowest BCUT2D eigenvalue weighted by Gasteiger charge is -2.04. The Morgan fingerprint density at radius 3 is 2.53 bits per heavy atom. The van der Waals surface area contributed by atoms with Crippen molar-refractivity contribution < 1.29 is 4.79 Å². The normalized spacial score (nSPS) is 9.76. The first-order valence-electron chi connectivity index (χ1n) is 5.32. The molecule has 1 aromatic carbocycles. The summed E-state index contributed by atoms with van der Waals surface area (Å²) in [7, 11) is 0. The monoisotopic (exact) mass is 224 g/mol. The number of rotatable bonds is 2. The molecule has 0 amide bonds. The molecular formula is C14H12N2O. The van der Waals surface area contributed by atoms with Crippen LogP contribution < -0.4 is 0 Å². The zero-order valence-corrected chi connectivity index (χ0v) is 9.77. The van der Waals surface area contributed by atoms with Gasteiger partial charge in [0, 0.05) is 5.56 Å². The average molecular weight is 224 g/mol. The molecule has 1 heterocycles. The summed E-state index contributed by atoms with van der Waals surface area (Å²) in [6.07, 6.45) is 3.06. The molecule has 1 aromatic heterocycles. The predicted octanol–water partition coefficient (Wildman–Crippen LogP) is 3.33. The maximum Gasteiger partial charge on any atom is 0.240 e. The Balaban J connectivity index is 2.39. The van der Waals surface area contributed by atoms with Crippen LogP contribution in [-0.4, -0.2) is 11.1 Å². The second-order valence-corrected chi connectivity index (χ2v) is 3.90. The predicted molar refractivity (Wildman–Crippen MR) is 66.9 cm³/mol. The molecule has 84 valence electrons. The number of carbonyl (C=O) groups excluding carboxylic acids is 1. The number of hydrogen-bond acceptors (Lipinski definition) is 3. The Morgan fingerprint density at radius 2 is 1.94 bits per heavy atom. The molecule has 0 fully saturated rings. The van der Waals surface area contributed by atoms with Crippen LogP contribution in [0.3, 0.4) is 0 Å². The maximum atomic E-state index is 10.1. The molecule has 0 radical (unpaired) electrons. The number of nitrogens with zero attached hydrogens (tertiary/aromatic N) is 2. The molecule has 0 N–H and O–H groups in total. The van der Waals surface area contributed by atoms with Gasteiger partial charge in [0.05, 0.1) is 17.6 Å². The molecule has 0 saturated heterocycles. The molecule has 2 aromatic rings. The van der Waals surface area contributed by atoms with Crippen LogP contribution in [0.25, 0.3) is 11.3 Å². The highest BCUT2D eigenvalue weighted by molar-refractivity contribution is 5.62. The fraction of sp³-hybridized carbons (Fsp3) is 0.143. The fourth-order valence-electron chi connectivity index (χ4n) is 1.58. The van der Waals surface area contributed by atoms with Gasteiger partial charge in [-0.25, -0.2) is 4.79 Å². The van der Waals surface area contributed by atoms with E-state index in [4.69, 9.17) is 0 Å². The van der Waals surface area contributed by atoms with Gasteiger partial charge in [-0.2, -0.15) is 4.99 Å². The third kappa shape index (κ3) is 2.47. The molecule has 0 aliphatic rings. The lowest BCUT2D eigenvalue weighted by Crippen LogP contribution is -1.85. The van der Waals surface area contributed by atoms with Crippen LogP contribution in [0.1, 0.15) is 11.1 Å². The topological polar surface area (TPSA) is 42.3 Å². The van der Waals surface area contributed by atoms with E-state index in [0.717, 1.165) is 11.3 Å². The SMILES string of the molecule is Cc1ccc(-c2ccc(N=C=O)cn2)cc1C. The molecule has 0 unspecified atom stereocenters. The first-order valence-corrected chi connectivity index (χ1v) is 5.32. The van der Waals surface area contributed by atoms with Crippen LogP contribution in [0, 0.1) is 13.8 Å². The molecule has 3 heteroatoms. The number of aliphatic imine (C=N–C) groups is 1. The number of pyridine rings is 1. The quantitative estimate of drug-likeness (QED) is 0.580. The summed E-state index contributed by atoms with van der Waals surface area (Å²) in [5, 5.41) is 0. The van der Waals surface area contributed by atoms with Crippen LogP contribution >= 0.6 is 0 Å². The summed E-state index contributed by atoms with van der Waals surface area (Å²) in [5.41, 5.74) is 4.95. The van der Waals surface area contributed by atoms with Crippen molar-refractivity contribution in [3.8, 4) is 11.3 Å². The standard InChI is InChI=1S/C14H12N2O/c1-10-3-4-12(7-11(10)2)14-6-5-13(8-15-14)16-9-17/h3-8H,1-2H3. The van der Waals surface area contributed by atoms with E-state index in [9.17, 15) is 4.79 Å². The van der Waals surface area contributed by atoms with E-state index in [1.54, 1.807) is 12.3 Å². The van der Waals surface area contributed by atoms with Gasteiger partial charge in [-0.15, -0.1) is 0 Å². The minimum absolute atomic E-state index is 0.521. The fourth-order valence-corrected chi connectivity index (χ4v) is 1.58. The molecule has 2 rings (SSSR count). The third-order valence-electron chi connectivity index (χ3n) is 2.73. The molecule has 17 heavy (non-hydrogen) atoms. The van der Waals surface area contributed by atoms with Crippen molar-refractivity contribution in [2.45, 2.75) is 13.8 Å². The number of aromatic nitrogens is 1. The Labute approximate surface area is 99.9 Å². The van der Waals surface area contributed by atoms with Gasteiger partial charge in [-0.3, -0.25) is 4.98 Å². The van der Waals surface area contributed by atoms with Gasteiger partial charge < -0.3 is 0 Å². The van der Waals surface area contributed by atoms with Crippen LogP contribution in [-0.2, 0) is 4.79 Å². The highest BCUT2D eigenvalue weighted by Crippen LogP contribution is 2.21. The number of hydrogen-bond donors (Lipinski definition) is 0. The van der Waals surface area contributed by atoms with E-state index in [2.05, 4.69) is 36.0 Å². The number of aryl methyl sites for hydroxylation is 2. The van der Waals surface area contributed by atoms with Gasteiger partial charge >= 0.3 is 0 Å². The first-order chi connectivity index (χ1) is 8.20. The molecule has 0 aliphatic heterocycles. The van der Waals surface area contributed by atoms with Crippen LogP contribution in [0.15, 0.2) is 41.5 Å². The van der Waals surface area contributed by atoms with E-state index in [1.165, 1.54) is 17.2 Å². The highest BCUT2D eigenvalue weighted by atomic mass is 16.1. The van der Waals surface area contributed by atoms with Crippen molar-refractivity contribution in [1.82, 2.24) is 4.98 Å². The molecule has 0 bridgehead atoms. The molecule has 0 spiro atoms. The summed E-state index contributed by atoms with van der Waals surface area (Å²) < 4.78 is 0. The second kappa shape index (κ2) is 4.73. The van der Waals surface area contributed by atoms with Crippen molar-refractivity contribution in [2.75, 3.05) is 0 Å². The Bertz CT molecular complexity index is 582. The molecule has 0 aliphatic carbocycles. The van der Waals surface area contributed by atoms with E-state index >= 15 is 0 Å². The van der Waals surface area contributed by atoms with Crippen LogP contribution in [0.4, 0.5) is 5.69 Å². The minimum atomic E-state index is 0.521. The summed E-state index contributed by atoms with van der Waals surface area (Å²) in [4.78, 5) is 17.9. The number of benzene rings is 1.